The molecule has 3 nitrogen and oxygen atoms in total. The first-order valence-electron chi connectivity index (χ1n) is 8.01. The van der Waals surface area contributed by atoms with E-state index < -0.39 is 5.41 Å². The second-order valence-corrected chi connectivity index (χ2v) is 6.98. The van der Waals surface area contributed by atoms with Crippen LogP contribution >= 0.6 is 11.6 Å². The van der Waals surface area contributed by atoms with Gasteiger partial charge in [-0.15, -0.1) is 0 Å². The number of hydrogen-bond donors (Lipinski definition) is 2. The van der Waals surface area contributed by atoms with E-state index in [1.807, 2.05) is 42.5 Å². The highest BCUT2D eigenvalue weighted by Crippen LogP contribution is 2.51. The fraction of sp³-hybridized carbons (Fsp3) is 0.316. The summed E-state index contributed by atoms with van der Waals surface area (Å²) >= 11 is 6.31. The number of fused-ring (bicyclic) bond motifs is 1. The molecule has 1 fully saturated rings. The number of hydrogen-bond acceptors (Lipinski definition) is 2. The minimum atomic E-state index is -0.465. The van der Waals surface area contributed by atoms with Crippen molar-refractivity contribution in [1.82, 2.24) is 5.32 Å². The number of nitrogens with one attached hydrogen (secondary N) is 1. The summed E-state index contributed by atoms with van der Waals surface area (Å²) < 4.78 is 0. The molecule has 0 spiro atoms. The van der Waals surface area contributed by atoms with Gasteiger partial charge >= 0.3 is 0 Å². The molecule has 0 aliphatic heterocycles. The first-order chi connectivity index (χ1) is 11.1. The fourth-order valence-corrected chi connectivity index (χ4v) is 3.98. The summed E-state index contributed by atoms with van der Waals surface area (Å²) in [4.78, 5) is 12.9. The Hall–Kier alpha value is -1.84. The minimum absolute atomic E-state index is 0.0418. The van der Waals surface area contributed by atoms with Gasteiger partial charge in [0, 0.05) is 5.02 Å². The average Bonchev–Trinajstić information content (AvgIpc) is 3.30. The van der Waals surface area contributed by atoms with Gasteiger partial charge in [0.15, 0.2) is 0 Å². The van der Waals surface area contributed by atoms with Gasteiger partial charge in [-0.1, -0.05) is 54.1 Å². The molecule has 4 heteroatoms. The summed E-state index contributed by atoms with van der Waals surface area (Å²) in [6, 6.07) is 15.6. The maximum Gasteiger partial charge on any atom is 0.231 e. The van der Waals surface area contributed by atoms with Crippen LogP contribution in [-0.2, 0) is 16.6 Å². The maximum atomic E-state index is 12.9. The van der Waals surface area contributed by atoms with Gasteiger partial charge in [-0.05, 0) is 42.0 Å². The molecule has 1 amide bonds. The summed E-state index contributed by atoms with van der Waals surface area (Å²) in [5.41, 5.74) is 9.17. The van der Waals surface area contributed by atoms with Crippen LogP contribution in [0.15, 0.2) is 48.5 Å². The molecule has 4 rings (SSSR count). The van der Waals surface area contributed by atoms with Gasteiger partial charge in [0.1, 0.15) is 0 Å². The van der Waals surface area contributed by atoms with Crippen LogP contribution in [-0.4, -0.2) is 11.9 Å². The second kappa shape index (κ2) is 5.36. The highest BCUT2D eigenvalue weighted by molar-refractivity contribution is 6.31. The molecule has 0 bridgehead atoms. The Labute approximate surface area is 140 Å². The molecule has 1 unspecified atom stereocenters. The standard InChI is InChI=1S/C19H19ClN2O/c20-15-8-4-3-7-14(15)19(9-10-19)18(23)22-16-11-12-5-1-2-6-13(12)17(16)21/h1-8,16-17H,9-11,21H2,(H,22,23)/t16-,17?/m0/s1. The molecule has 2 atom stereocenters. The highest BCUT2D eigenvalue weighted by atomic mass is 35.5. The van der Waals surface area contributed by atoms with Gasteiger partial charge in [-0.2, -0.15) is 0 Å². The van der Waals surface area contributed by atoms with E-state index >= 15 is 0 Å². The predicted octanol–water partition coefficient (Wildman–Crippen LogP) is 3.11. The van der Waals surface area contributed by atoms with Crippen molar-refractivity contribution < 1.29 is 4.79 Å². The lowest BCUT2D eigenvalue weighted by Gasteiger charge is -2.23. The van der Waals surface area contributed by atoms with E-state index in [-0.39, 0.29) is 18.0 Å². The van der Waals surface area contributed by atoms with Crippen LogP contribution in [0.3, 0.4) is 0 Å². The molecular weight excluding hydrogens is 308 g/mol. The zero-order valence-corrected chi connectivity index (χ0v) is 13.5. The molecule has 0 saturated heterocycles. The van der Waals surface area contributed by atoms with Crippen LogP contribution in [0.1, 0.15) is 35.6 Å². The van der Waals surface area contributed by atoms with Crippen molar-refractivity contribution in [1.29, 1.82) is 0 Å². The molecular formula is C19H19ClN2O. The van der Waals surface area contributed by atoms with Crippen molar-refractivity contribution in [2.45, 2.75) is 36.8 Å². The van der Waals surface area contributed by atoms with E-state index in [1.54, 1.807) is 0 Å². The van der Waals surface area contributed by atoms with Crippen LogP contribution in [0.2, 0.25) is 5.02 Å². The lowest BCUT2D eigenvalue weighted by atomic mass is 9.94. The Morgan fingerprint density at radius 2 is 1.83 bits per heavy atom. The summed E-state index contributed by atoms with van der Waals surface area (Å²) in [6.45, 7) is 0. The summed E-state index contributed by atoms with van der Waals surface area (Å²) in [5, 5.41) is 3.85. The molecule has 2 aliphatic carbocycles. The highest BCUT2D eigenvalue weighted by Gasteiger charge is 2.53. The molecule has 0 aromatic heterocycles. The number of halogens is 1. The third-order valence-corrected chi connectivity index (χ3v) is 5.51. The SMILES string of the molecule is NC1c2ccccc2C[C@@H]1NC(=O)C1(c2ccccc2Cl)CC1. The third-order valence-electron chi connectivity index (χ3n) is 5.18. The predicted molar refractivity (Wildman–Crippen MR) is 91.4 cm³/mol. The molecule has 23 heavy (non-hydrogen) atoms. The molecule has 118 valence electrons. The average molecular weight is 327 g/mol. The topological polar surface area (TPSA) is 55.1 Å². The van der Waals surface area contributed by atoms with Crippen molar-refractivity contribution in [3.05, 3.63) is 70.2 Å². The Kier molecular flexibility index (Phi) is 3.43. The lowest BCUT2D eigenvalue weighted by molar-refractivity contribution is -0.124. The van der Waals surface area contributed by atoms with Gasteiger partial charge < -0.3 is 11.1 Å². The van der Waals surface area contributed by atoms with Gasteiger partial charge in [0.25, 0.3) is 0 Å². The zero-order valence-electron chi connectivity index (χ0n) is 12.8. The fourth-order valence-electron chi connectivity index (χ4n) is 3.67. The van der Waals surface area contributed by atoms with Gasteiger partial charge in [-0.25, -0.2) is 0 Å². The summed E-state index contributed by atoms with van der Waals surface area (Å²) in [5.74, 6) is 0.0545. The smallest absolute Gasteiger partial charge is 0.231 e. The molecule has 2 aromatic rings. The Morgan fingerprint density at radius 1 is 1.13 bits per heavy atom. The van der Waals surface area contributed by atoms with Crippen LogP contribution in [0.5, 0.6) is 0 Å². The number of amides is 1. The first-order valence-corrected chi connectivity index (χ1v) is 8.39. The largest absolute Gasteiger partial charge is 0.350 e. The number of carbonyl (C=O) groups is 1. The van der Waals surface area contributed by atoms with Crippen LogP contribution in [0.25, 0.3) is 0 Å². The molecule has 0 heterocycles. The lowest BCUT2D eigenvalue weighted by Crippen LogP contribution is -2.45. The minimum Gasteiger partial charge on any atom is -0.350 e. The first kappa shape index (κ1) is 14.7. The molecule has 2 aromatic carbocycles. The zero-order chi connectivity index (χ0) is 16.0. The van der Waals surface area contributed by atoms with Crippen molar-refractivity contribution in [2.24, 2.45) is 5.73 Å². The van der Waals surface area contributed by atoms with Crippen molar-refractivity contribution in [3.8, 4) is 0 Å². The second-order valence-electron chi connectivity index (χ2n) is 6.57. The van der Waals surface area contributed by atoms with E-state index in [0.29, 0.717) is 5.02 Å². The van der Waals surface area contributed by atoms with Gasteiger partial charge in [0.2, 0.25) is 5.91 Å². The van der Waals surface area contributed by atoms with Crippen molar-refractivity contribution in [2.75, 3.05) is 0 Å². The quantitative estimate of drug-likeness (QED) is 0.910. The Balaban J connectivity index is 1.55. The van der Waals surface area contributed by atoms with E-state index in [9.17, 15) is 4.79 Å². The number of carbonyl (C=O) groups excluding carboxylic acids is 1. The van der Waals surface area contributed by atoms with E-state index in [0.717, 1.165) is 30.4 Å². The van der Waals surface area contributed by atoms with E-state index in [1.165, 1.54) is 5.56 Å². The summed E-state index contributed by atoms with van der Waals surface area (Å²) in [6.07, 6.45) is 2.48. The van der Waals surface area contributed by atoms with Crippen LogP contribution in [0, 0.1) is 0 Å². The van der Waals surface area contributed by atoms with E-state index in [4.69, 9.17) is 17.3 Å². The third kappa shape index (κ3) is 2.35. The molecule has 2 aliphatic rings. The van der Waals surface area contributed by atoms with E-state index in [2.05, 4.69) is 11.4 Å². The van der Waals surface area contributed by atoms with Gasteiger partial charge in [-0.3, -0.25) is 4.79 Å². The molecule has 3 N–H and O–H groups in total. The maximum absolute atomic E-state index is 12.9. The summed E-state index contributed by atoms with van der Waals surface area (Å²) in [7, 11) is 0. The molecule has 1 saturated carbocycles. The monoisotopic (exact) mass is 326 g/mol. The van der Waals surface area contributed by atoms with Gasteiger partial charge in [0.05, 0.1) is 17.5 Å². The van der Waals surface area contributed by atoms with Crippen LogP contribution < -0.4 is 11.1 Å². The number of nitrogens with two attached hydrogens (primary N) is 1. The molecule has 0 radical (unpaired) electrons. The van der Waals surface area contributed by atoms with Crippen molar-refractivity contribution >= 4 is 17.5 Å². The Morgan fingerprint density at radius 3 is 2.52 bits per heavy atom. The van der Waals surface area contributed by atoms with Crippen molar-refractivity contribution in [3.63, 3.8) is 0 Å². The normalized spacial score (nSPS) is 24.1. The number of benzene rings is 2. The van der Waals surface area contributed by atoms with Crippen LogP contribution in [0.4, 0.5) is 0 Å². The number of rotatable bonds is 3. The Bertz CT molecular complexity index is 769.